The number of hydrogen-bond acceptors (Lipinski definition) is 4. The summed E-state index contributed by atoms with van der Waals surface area (Å²) in [5, 5.41) is 2.68. The van der Waals surface area contributed by atoms with Crippen molar-refractivity contribution in [2.45, 2.75) is 27.7 Å². The molecule has 0 aliphatic carbocycles. The second-order valence-corrected chi connectivity index (χ2v) is 5.85. The van der Waals surface area contributed by atoms with Crippen molar-refractivity contribution in [3.63, 3.8) is 0 Å². The number of rotatable bonds is 6. The average molecular weight is 354 g/mol. The van der Waals surface area contributed by atoms with Crippen molar-refractivity contribution >= 4 is 29.4 Å². The van der Waals surface area contributed by atoms with E-state index in [1.54, 1.807) is 51.1 Å². The van der Waals surface area contributed by atoms with E-state index in [4.69, 9.17) is 4.74 Å². The molecule has 0 aliphatic heterocycles. The highest BCUT2D eigenvalue weighted by Gasteiger charge is 2.21. The molecular formula is C20H22N2O4. The first-order valence-electron chi connectivity index (χ1n) is 8.29. The van der Waals surface area contributed by atoms with Gasteiger partial charge in [0.25, 0.3) is 0 Å². The average Bonchev–Trinajstić information content (AvgIpc) is 2.88. The number of amides is 1. The van der Waals surface area contributed by atoms with Crippen LogP contribution in [0.25, 0.3) is 6.08 Å². The maximum atomic E-state index is 12.5. The SMILES string of the molecule is CCOC(=O)c1c(C)[nH]c(C(=O)/C=C/c2ccc(NC(C)=O)cc2)c1C. The smallest absolute Gasteiger partial charge is 0.340 e. The standard InChI is InChI=1S/C20H22N2O4/c1-5-26-20(25)18-12(2)19(21-13(18)3)17(24)11-8-15-6-9-16(10-7-15)22-14(4)23/h6-11,21H,5H2,1-4H3,(H,22,23)/b11-8+. The van der Waals surface area contributed by atoms with E-state index in [0.717, 1.165) is 5.56 Å². The molecule has 6 heteroatoms. The van der Waals surface area contributed by atoms with Crippen molar-refractivity contribution in [2.24, 2.45) is 0 Å². The Balaban J connectivity index is 2.17. The van der Waals surface area contributed by atoms with Crippen molar-refractivity contribution in [3.8, 4) is 0 Å². The van der Waals surface area contributed by atoms with E-state index >= 15 is 0 Å². The zero-order valence-corrected chi connectivity index (χ0v) is 15.3. The molecule has 0 saturated carbocycles. The zero-order valence-electron chi connectivity index (χ0n) is 15.3. The molecular weight excluding hydrogens is 332 g/mol. The van der Waals surface area contributed by atoms with Gasteiger partial charge in [0.15, 0.2) is 0 Å². The predicted octanol–water partition coefficient (Wildman–Crippen LogP) is 3.66. The molecule has 1 heterocycles. The van der Waals surface area contributed by atoms with Crippen LogP contribution in [0, 0.1) is 13.8 Å². The van der Waals surface area contributed by atoms with E-state index in [-0.39, 0.29) is 18.3 Å². The lowest BCUT2D eigenvalue weighted by atomic mass is 10.1. The number of carbonyl (C=O) groups is 3. The number of anilines is 1. The first-order valence-corrected chi connectivity index (χ1v) is 8.29. The van der Waals surface area contributed by atoms with E-state index in [0.29, 0.717) is 28.2 Å². The number of ether oxygens (including phenoxy) is 1. The highest BCUT2D eigenvalue weighted by molar-refractivity contribution is 6.08. The Bertz CT molecular complexity index is 861. The van der Waals surface area contributed by atoms with Crippen LogP contribution in [0.15, 0.2) is 30.3 Å². The number of hydrogen-bond donors (Lipinski definition) is 2. The number of allylic oxidation sites excluding steroid dienone is 1. The van der Waals surface area contributed by atoms with Gasteiger partial charge < -0.3 is 15.0 Å². The molecule has 0 aliphatic rings. The molecule has 0 fully saturated rings. The van der Waals surface area contributed by atoms with Gasteiger partial charge in [-0.25, -0.2) is 4.79 Å². The molecule has 0 radical (unpaired) electrons. The molecule has 0 atom stereocenters. The van der Waals surface area contributed by atoms with Crippen LogP contribution in [0.5, 0.6) is 0 Å². The minimum absolute atomic E-state index is 0.140. The monoisotopic (exact) mass is 354 g/mol. The minimum Gasteiger partial charge on any atom is -0.462 e. The summed E-state index contributed by atoms with van der Waals surface area (Å²) in [4.78, 5) is 38.5. The molecule has 1 aromatic carbocycles. The number of esters is 1. The third-order valence-electron chi connectivity index (χ3n) is 3.82. The van der Waals surface area contributed by atoms with Crippen molar-refractivity contribution in [2.75, 3.05) is 11.9 Å². The summed E-state index contributed by atoms with van der Waals surface area (Å²) >= 11 is 0. The fourth-order valence-corrected chi connectivity index (χ4v) is 2.64. The molecule has 0 unspecified atom stereocenters. The molecule has 2 rings (SSSR count). The number of aryl methyl sites for hydroxylation is 1. The lowest BCUT2D eigenvalue weighted by Gasteiger charge is -2.02. The van der Waals surface area contributed by atoms with Crippen molar-refractivity contribution in [1.29, 1.82) is 0 Å². The van der Waals surface area contributed by atoms with Gasteiger partial charge in [0.05, 0.1) is 17.9 Å². The van der Waals surface area contributed by atoms with Crippen molar-refractivity contribution in [3.05, 3.63) is 58.4 Å². The third kappa shape index (κ3) is 4.47. The van der Waals surface area contributed by atoms with Gasteiger partial charge in [0, 0.05) is 18.3 Å². The third-order valence-corrected chi connectivity index (χ3v) is 3.82. The molecule has 136 valence electrons. The van der Waals surface area contributed by atoms with Gasteiger partial charge in [0.1, 0.15) is 0 Å². The number of aromatic nitrogens is 1. The van der Waals surface area contributed by atoms with Crippen LogP contribution in [0.1, 0.15) is 51.5 Å². The second kappa shape index (κ2) is 8.29. The van der Waals surface area contributed by atoms with E-state index in [1.165, 1.54) is 13.0 Å². The molecule has 0 saturated heterocycles. The lowest BCUT2D eigenvalue weighted by molar-refractivity contribution is -0.114. The van der Waals surface area contributed by atoms with Gasteiger partial charge >= 0.3 is 5.97 Å². The van der Waals surface area contributed by atoms with Crippen LogP contribution >= 0.6 is 0 Å². The Morgan fingerprint density at radius 1 is 1.15 bits per heavy atom. The van der Waals surface area contributed by atoms with Gasteiger partial charge in [-0.3, -0.25) is 9.59 Å². The summed E-state index contributed by atoms with van der Waals surface area (Å²) in [5.41, 5.74) is 3.48. The highest BCUT2D eigenvalue weighted by atomic mass is 16.5. The van der Waals surface area contributed by atoms with Crippen LogP contribution in [0.4, 0.5) is 5.69 Å². The maximum absolute atomic E-state index is 12.5. The van der Waals surface area contributed by atoms with E-state index in [1.807, 2.05) is 0 Å². The quantitative estimate of drug-likeness (QED) is 0.471. The number of H-pyrrole nitrogens is 1. The molecule has 2 aromatic rings. The Morgan fingerprint density at radius 2 is 1.81 bits per heavy atom. The first kappa shape index (κ1) is 19.2. The first-order chi connectivity index (χ1) is 12.3. The van der Waals surface area contributed by atoms with Gasteiger partial charge in [-0.15, -0.1) is 0 Å². The Kier molecular flexibility index (Phi) is 6.11. The summed E-state index contributed by atoms with van der Waals surface area (Å²) in [7, 11) is 0. The van der Waals surface area contributed by atoms with Crippen molar-refractivity contribution < 1.29 is 19.1 Å². The minimum atomic E-state index is -0.435. The Hall–Kier alpha value is -3.15. The Morgan fingerprint density at radius 3 is 2.38 bits per heavy atom. The number of benzene rings is 1. The zero-order chi connectivity index (χ0) is 19.3. The summed E-state index contributed by atoms with van der Waals surface area (Å²) < 4.78 is 5.03. The van der Waals surface area contributed by atoms with Crippen LogP contribution in [0.2, 0.25) is 0 Å². The van der Waals surface area contributed by atoms with Gasteiger partial charge in [-0.2, -0.15) is 0 Å². The molecule has 0 spiro atoms. The number of ketones is 1. The molecule has 1 amide bonds. The number of carbonyl (C=O) groups excluding carboxylic acids is 3. The maximum Gasteiger partial charge on any atom is 0.340 e. The van der Waals surface area contributed by atoms with Crippen LogP contribution in [0.3, 0.4) is 0 Å². The highest BCUT2D eigenvalue weighted by Crippen LogP contribution is 2.20. The van der Waals surface area contributed by atoms with E-state index in [2.05, 4.69) is 10.3 Å². The van der Waals surface area contributed by atoms with Crippen LogP contribution < -0.4 is 5.32 Å². The van der Waals surface area contributed by atoms with Crippen molar-refractivity contribution in [1.82, 2.24) is 4.98 Å². The molecule has 0 bridgehead atoms. The van der Waals surface area contributed by atoms with Gasteiger partial charge in [-0.1, -0.05) is 18.2 Å². The fourth-order valence-electron chi connectivity index (χ4n) is 2.64. The Labute approximate surface area is 152 Å². The summed E-state index contributed by atoms with van der Waals surface area (Å²) in [5.74, 6) is -0.805. The number of aromatic amines is 1. The fraction of sp³-hybridized carbons (Fsp3) is 0.250. The summed E-state index contributed by atoms with van der Waals surface area (Å²) in [6, 6.07) is 7.11. The normalized spacial score (nSPS) is 10.8. The lowest BCUT2D eigenvalue weighted by Crippen LogP contribution is -2.07. The summed E-state index contributed by atoms with van der Waals surface area (Å²) in [6.45, 7) is 6.92. The van der Waals surface area contributed by atoms with Gasteiger partial charge in [0.2, 0.25) is 11.7 Å². The molecule has 2 N–H and O–H groups in total. The number of nitrogens with one attached hydrogen (secondary N) is 2. The molecule has 26 heavy (non-hydrogen) atoms. The summed E-state index contributed by atoms with van der Waals surface area (Å²) in [6.07, 6.45) is 3.13. The van der Waals surface area contributed by atoms with Crippen LogP contribution in [-0.2, 0) is 9.53 Å². The molecule has 1 aromatic heterocycles. The largest absolute Gasteiger partial charge is 0.462 e. The van der Waals surface area contributed by atoms with E-state index < -0.39 is 5.97 Å². The van der Waals surface area contributed by atoms with E-state index in [9.17, 15) is 14.4 Å². The topological polar surface area (TPSA) is 88.3 Å². The second-order valence-electron chi connectivity index (χ2n) is 5.85. The van der Waals surface area contributed by atoms with Crippen LogP contribution in [-0.4, -0.2) is 29.3 Å². The molecule has 6 nitrogen and oxygen atoms in total. The van der Waals surface area contributed by atoms with Gasteiger partial charge in [-0.05, 0) is 50.1 Å². The predicted molar refractivity (Wildman–Crippen MR) is 100 cm³/mol.